The lowest BCUT2D eigenvalue weighted by Gasteiger charge is -2.09. The molecule has 0 amide bonds. The van der Waals surface area contributed by atoms with Gasteiger partial charge in [0.15, 0.2) is 0 Å². The second-order valence-corrected chi connectivity index (χ2v) is 4.69. The van der Waals surface area contributed by atoms with E-state index in [-0.39, 0.29) is 10.6 Å². The summed E-state index contributed by atoms with van der Waals surface area (Å²) < 4.78 is 0. The first-order valence-electron chi connectivity index (χ1n) is 6.00. The van der Waals surface area contributed by atoms with Crippen molar-refractivity contribution in [1.29, 1.82) is 0 Å². The topological polar surface area (TPSA) is 55.2 Å². The first kappa shape index (κ1) is 13.5. The van der Waals surface area contributed by atoms with Gasteiger partial charge in [-0.3, -0.25) is 10.1 Å². The highest BCUT2D eigenvalue weighted by molar-refractivity contribution is 5.64. The summed E-state index contributed by atoms with van der Waals surface area (Å²) in [6, 6.07) is 5.37. The monoisotopic (exact) mass is 236 g/mol. The highest BCUT2D eigenvalue weighted by Gasteiger charge is 2.15. The van der Waals surface area contributed by atoms with Crippen molar-refractivity contribution in [3.8, 4) is 0 Å². The molecule has 0 unspecified atom stereocenters. The Hall–Kier alpha value is -1.58. The Balaban J connectivity index is 2.64. The van der Waals surface area contributed by atoms with E-state index in [9.17, 15) is 10.1 Å². The van der Waals surface area contributed by atoms with Gasteiger partial charge < -0.3 is 5.32 Å². The maximum atomic E-state index is 10.9. The van der Waals surface area contributed by atoms with Crippen molar-refractivity contribution in [3.63, 3.8) is 0 Å². The van der Waals surface area contributed by atoms with Crippen LogP contribution in [0.4, 0.5) is 11.4 Å². The van der Waals surface area contributed by atoms with Crippen LogP contribution < -0.4 is 5.32 Å². The minimum atomic E-state index is -0.319. The number of aryl methyl sites for hydroxylation is 1. The van der Waals surface area contributed by atoms with E-state index in [1.165, 1.54) is 0 Å². The lowest BCUT2D eigenvalue weighted by Crippen LogP contribution is -2.06. The summed E-state index contributed by atoms with van der Waals surface area (Å²) in [7, 11) is 0. The maximum Gasteiger partial charge on any atom is 0.295 e. The predicted molar refractivity (Wildman–Crippen MR) is 70.4 cm³/mol. The molecule has 4 nitrogen and oxygen atoms in total. The third-order valence-corrected chi connectivity index (χ3v) is 2.69. The van der Waals surface area contributed by atoms with Crippen molar-refractivity contribution in [2.75, 3.05) is 11.9 Å². The number of rotatable bonds is 6. The SMILES string of the molecule is Cc1cccc(NCCCC(C)C)c1[N+](=O)[O-]. The number of nitro groups is 1. The van der Waals surface area contributed by atoms with Gasteiger partial charge in [-0.15, -0.1) is 0 Å². The quantitative estimate of drug-likeness (QED) is 0.465. The summed E-state index contributed by atoms with van der Waals surface area (Å²) in [5.41, 5.74) is 1.51. The molecule has 0 saturated heterocycles. The van der Waals surface area contributed by atoms with Crippen molar-refractivity contribution >= 4 is 11.4 Å². The summed E-state index contributed by atoms with van der Waals surface area (Å²) in [6.45, 7) is 6.89. The van der Waals surface area contributed by atoms with Crippen LogP contribution in [0, 0.1) is 23.0 Å². The van der Waals surface area contributed by atoms with Gasteiger partial charge in [0, 0.05) is 12.1 Å². The van der Waals surface area contributed by atoms with Crippen molar-refractivity contribution in [3.05, 3.63) is 33.9 Å². The van der Waals surface area contributed by atoms with Crippen LogP contribution in [-0.4, -0.2) is 11.5 Å². The average molecular weight is 236 g/mol. The van der Waals surface area contributed by atoms with Gasteiger partial charge in [-0.25, -0.2) is 0 Å². The fraction of sp³-hybridized carbons (Fsp3) is 0.538. The molecule has 4 heteroatoms. The molecule has 0 saturated carbocycles. The van der Waals surface area contributed by atoms with E-state index in [0.717, 1.165) is 19.4 Å². The third kappa shape index (κ3) is 4.06. The summed E-state index contributed by atoms with van der Waals surface area (Å²) in [5.74, 6) is 0.671. The number of nitrogens with zero attached hydrogens (tertiary/aromatic N) is 1. The Morgan fingerprint density at radius 1 is 1.41 bits per heavy atom. The van der Waals surface area contributed by atoms with Gasteiger partial charge in [-0.2, -0.15) is 0 Å². The van der Waals surface area contributed by atoms with E-state index in [4.69, 9.17) is 0 Å². The molecule has 0 atom stereocenters. The standard InChI is InChI=1S/C13H20N2O2/c1-10(2)6-5-9-14-12-8-4-7-11(3)13(12)15(16)17/h4,7-8,10,14H,5-6,9H2,1-3H3. The fourth-order valence-electron chi connectivity index (χ4n) is 1.78. The average Bonchev–Trinajstić information content (AvgIpc) is 2.23. The molecule has 0 radical (unpaired) electrons. The third-order valence-electron chi connectivity index (χ3n) is 2.69. The summed E-state index contributed by atoms with van der Waals surface area (Å²) in [4.78, 5) is 10.6. The van der Waals surface area contributed by atoms with Crippen LogP contribution in [0.2, 0.25) is 0 Å². The van der Waals surface area contributed by atoms with E-state index >= 15 is 0 Å². The van der Waals surface area contributed by atoms with Crippen LogP contribution in [0.1, 0.15) is 32.3 Å². The molecule has 0 heterocycles. The molecule has 0 aliphatic heterocycles. The largest absolute Gasteiger partial charge is 0.379 e. The normalized spacial score (nSPS) is 10.6. The number of anilines is 1. The first-order chi connectivity index (χ1) is 8.02. The number of benzene rings is 1. The maximum absolute atomic E-state index is 10.9. The fourth-order valence-corrected chi connectivity index (χ4v) is 1.78. The molecule has 1 aromatic rings. The Kier molecular flexibility index (Phi) is 4.94. The molecule has 0 aliphatic rings. The second-order valence-electron chi connectivity index (χ2n) is 4.69. The van der Waals surface area contributed by atoms with Gasteiger partial charge in [0.2, 0.25) is 0 Å². The van der Waals surface area contributed by atoms with Crippen LogP contribution in [0.25, 0.3) is 0 Å². The Morgan fingerprint density at radius 2 is 2.12 bits per heavy atom. The van der Waals surface area contributed by atoms with Crippen molar-refractivity contribution < 1.29 is 4.92 Å². The molecule has 0 spiro atoms. The molecule has 0 bridgehead atoms. The molecule has 0 fully saturated rings. The molecular weight excluding hydrogens is 216 g/mol. The van der Waals surface area contributed by atoms with Gasteiger partial charge in [-0.1, -0.05) is 26.0 Å². The minimum Gasteiger partial charge on any atom is -0.379 e. The minimum absolute atomic E-state index is 0.192. The van der Waals surface area contributed by atoms with Gasteiger partial charge in [0.1, 0.15) is 5.69 Å². The van der Waals surface area contributed by atoms with Crippen LogP contribution in [-0.2, 0) is 0 Å². The van der Waals surface area contributed by atoms with Gasteiger partial charge >= 0.3 is 0 Å². The number of hydrogen-bond donors (Lipinski definition) is 1. The predicted octanol–water partition coefficient (Wildman–Crippen LogP) is 3.75. The van der Waals surface area contributed by atoms with Crippen molar-refractivity contribution in [2.24, 2.45) is 5.92 Å². The highest BCUT2D eigenvalue weighted by Crippen LogP contribution is 2.27. The van der Waals surface area contributed by atoms with E-state index < -0.39 is 0 Å². The molecule has 1 aromatic carbocycles. The van der Waals surface area contributed by atoms with E-state index in [1.54, 1.807) is 19.1 Å². The highest BCUT2D eigenvalue weighted by atomic mass is 16.6. The van der Waals surface area contributed by atoms with Gasteiger partial charge in [-0.05, 0) is 31.7 Å². The molecule has 1 rings (SSSR count). The van der Waals surface area contributed by atoms with Crippen molar-refractivity contribution in [1.82, 2.24) is 0 Å². The first-order valence-corrected chi connectivity index (χ1v) is 6.00. The van der Waals surface area contributed by atoms with E-state index in [2.05, 4.69) is 19.2 Å². The van der Waals surface area contributed by atoms with Crippen LogP contribution >= 0.6 is 0 Å². The lowest BCUT2D eigenvalue weighted by atomic mass is 10.1. The lowest BCUT2D eigenvalue weighted by molar-refractivity contribution is -0.384. The number of nitrogens with one attached hydrogen (secondary N) is 1. The Labute approximate surface area is 102 Å². The number of hydrogen-bond acceptors (Lipinski definition) is 3. The zero-order chi connectivity index (χ0) is 12.8. The zero-order valence-electron chi connectivity index (χ0n) is 10.7. The number of para-hydroxylation sites is 1. The van der Waals surface area contributed by atoms with Crippen LogP contribution in [0.15, 0.2) is 18.2 Å². The molecule has 0 aliphatic carbocycles. The van der Waals surface area contributed by atoms with Gasteiger partial charge in [0.05, 0.1) is 4.92 Å². The molecule has 1 N–H and O–H groups in total. The number of nitro benzene ring substituents is 1. The van der Waals surface area contributed by atoms with Crippen LogP contribution in [0.3, 0.4) is 0 Å². The summed E-state index contributed by atoms with van der Waals surface area (Å²) in [5, 5.41) is 14.1. The molecule has 17 heavy (non-hydrogen) atoms. The smallest absolute Gasteiger partial charge is 0.295 e. The summed E-state index contributed by atoms with van der Waals surface area (Å²) >= 11 is 0. The van der Waals surface area contributed by atoms with Crippen molar-refractivity contribution in [2.45, 2.75) is 33.6 Å². The van der Waals surface area contributed by atoms with E-state index in [1.807, 2.05) is 6.07 Å². The summed E-state index contributed by atoms with van der Waals surface area (Å²) in [6.07, 6.45) is 2.16. The Morgan fingerprint density at radius 3 is 2.71 bits per heavy atom. The zero-order valence-corrected chi connectivity index (χ0v) is 10.7. The van der Waals surface area contributed by atoms with Crippen LogP contribution in [0.5, 0.6) is 0 Å². The van der Waals surface area contributed by atoms with E-state index in [0.29, 0.717) is 17.2 Å². The Bertz CT molecular complexity index is 389. The molecule has 0 aromatic heterocycles. The molecular formula is C13H20N2O2. The van der Waals surface area contributed by atoms with Gasteiger partial charge in [0.25, 0.3) is 5.69 Å². The molecule has 94 valence electrons. The second kappa shape index (κ2) is 6.23.